The van der Waals surface area contributed by atoms with Crippen LogP contribution in [0.25, 0.3) is 0 Å². The first-order chi connectivity index (χ1) is 11.1. The van der Waals surface area contributed by atoms with Crippen molar-refractivity contribution in [1.82, 2.24) is 15.2 Å². The average molecular weight is 340 g/mol. The number of anilines is 1. The number of aryl methyl sites for hydroxylation is 1. The molecule has 1 aromatic heterocycles. The molecular weight excluding hydrogens is 316 g/mol. The molecule has 0 bridgehead atoms. The number of rotatable bonds is 6. The van der Waals surface area contributed by atoms with Crippen molar-refractivity contribution in [3.63, 3.8) is 0 Å². The summed E-state index contributed by atoms with van der Waals surface area (Å²) in [5, 5.41) is 5.88. The minimum Gasteiger partial charge on any atom is -0.469 e. The van der Waals surface area contributed by atoms with Crippen LogP contribution < -0.4 is 10.2 Å². The quantitative estimate of drug-likeness (QED) is 0.766. The van der Waals surface area contributed by atoms with Crippen molar-refractivity contribution in [2.45, 2.75) is 19.8 Å². The lowest BCUT2D eigenvalue weighted by Gasteiger charge is -2.21. The van der Waals surface area contributed by atoms with Crippen molar-refractivity contribution in [2.24, 2.45) is 0 Å². The second-order valence-electron chi connectivity index (χ2n) is 5.56. The molecule has 128 valence electrons. The standard InChI is InChI=1S/C15H24N4O3S/c1-12-11-23-15(17-12)19-7-3-6-18(8-9-19)10-13(20)16-5-4-14(21)22-2/h11H,3-10H2,1-2H3,(H,16,20). The summed E-state index contributed by atoms with van der Waals surface area (Å²) in [5.41, 5.74) is 1.05. The lowest BCUT2D eigenvalue weighted by molar-refractivity contribution is -0.140. The number of thiazole rings is 1. The molecular formula is C15H24N4O3S. The third-order valence-electron chi connectivity index (χ3n) is 3.71. The van der Waals surface area contributed by atoms with E-state index < -0.39 is 0 Å². The molecule has 2 heterocycles. The number of hydrogen-bond donors (Lipinski definition) is 1. The largest absolute Gasteiger partial charge is 0.469 e. The maximum atomic E-state index is 11.9. The van der Waals surface area contributed by atoms with E-state index in [-0.39, 0.29) is 18.3 Å². The zero-order valence-electron chi connectivity index (χ0n) is 13.7. The summed E-state index contributed by atoms with van der Waals surface area (Å²) in [6.45, 7) is 6.27. The van der Waals surface area contributed by atoms with Crippen LogP contribution in [0.2, 0.25) is 0 Å². The van der Waals surface area contributed by atoms with E-state index in [4.69, 9.17) is 0 Å². The molecule has 2 rings (SSSR count). The van der Waals surface area contributed by atoms with Crippen LogP contribution in [0.4, 0.5) is 5.13 Å². The number of hydrogen-bond acceptors (Lipinski definition) is 7. The van der Waals surface area contributed by atoms with E-state index in [1.165, 1.54) is 7.11 Å². The topological polar surface area (TPSA) is 74.8 Å². The van der Waals surface area contributed by atoms with Crippen LogP contribution in [0.15, 0.2) is 5.38 Å². The van der Waals surface area contributed by atoms with Gasteiger partial charge in [-0.3, -0.25) is 14.5 Å². The van der Waals surface area contributed by atoms with Gasteiger partial charge in [0, 0.05) is 38.1 Å². The van der Waals surface area contributed by atoms with Gasteiger partial charge in [-0.05, 0) is 13.3 Å². The third-order valence-corrected chi connectivity index (χ3v) is 4.73. The zero-order valence-corrected chi connectivity index (χ0v) is 14.5. The number of carbonyl (C=O) groups is 2. The van der Waals surface area contributed by atoms with E-state index in [0.29, 0.717) is 13.1 Å². The van der Waals surface area contributed by atoms with Gasteiger partial charge in [-0.25, -0.2) is 4.98 Å². The predicted molar refractivity (Wildman–Crippen MR) is 89.8 cm³/mol. The molecule has 0 aromatic carbocycles. The molecule has 1 saturated heterocycles. The molecule has 1 N–H and O–H groups in total. The van der Waals surface area contributed by atoms with Gasteiger partial charge < -0.3 is 15.0 Å². The van der Waals surface area contributed by atoms with Gasteiger partial charge in [0.2, 0.25) is 5.91 Å². The van der Waals surface area contributed by atoms with Crippen molar-refractivity contribution in [3.8, 4) is 0 Å². The van der Waals surface area contributed by atoms with Gasteiger partial charge in [0.05, 0.1) is 25.8 Å². The fourth-order valence-corrected chi connectivity index (χ4v) is 3.33. The summed E-state index contributed by atoms with van der Waals surface area (Å²) in [5.74, 6) is -0.359. The number of ether oxygens (including phenoxy) is 1. The Kier molecular flexibility index (Phi) is 6.79. The first-order valence-corrected chi connectivity index (χ1v) is 8.69. The molecule has 1 aliphatic rings. The maximum Gasteiger partial charge on any atom is 0.307 e. The molecule has 0 radical (unpaired) electrons. The Morgan fingerprint density at radius 3 is 2.87 bits per heavy atom. The molecule has 7 nitrogen and oxygen atoms in total. The average Bonchev–Trinajstić information content (AvgIpc) is 2.82. The molecule has 1 amide bonds. The Morgan fingerprint density at radius 2 is 2.17 bits per heavy atom. The highest BCUT2D eigenvalue weighted by atomic mass is 32.1. The van der Waals surface area contributed by atoms with Gasteiger partial charge >= 0.3 is 5.97 Å². The van der Waals surface area contributed by atoms with Crippen LogP contribution in [0.1, 0.15) is 18.5 Å². The molecule has 0 unspecified atom stereocenters. The normalized spacial score (nSPS) is 16.0. The molecule has 0 spiro atoms. The lowest BCUT2D eigenvalue weighted by atomic mass is 10.3. The summed E-state index contributed by atoms with van der Waals surface area (Å²) in [6, 6.07) is 0. The Labute approximate surface area is 140 Å². The summed E-state index contributed by atoms with van der Waals surface area (Å²) in [6.07, 6.45) is 1.22. The highest BCUT2D eigenvalue weighted by molar-refractivity contribution is 7.13. The van der Waals surface area contributed by atoms with Crippen molar-refractivity contribution in [2.75, 3.05) is 51.3 Å². The molecule has 0 saturated carbocycles. The number of nitrogens with zero attached hydrogens (tertiary/aromatic N) is 3. The number of esters is 1. The molecule has 8 heteroatoms. The maximum absolute atomic E-state index is 11.9. The smallest absolute Gasteiger partial charge is 0.307 e. The van der Waals surface area contributed by atoms with Crippen molar-refractivity contribution in [1.29, 1.82) is 0 Å². The van der Waals surface area contributed by atoms with Crippen LogP contribution >= 0.6 is 11.3 Å². The summed E-state index contributed by atoms with van der Waals surface area (Å²) < 4.78 is 4.54. The molecule has 0 aliphatic carbocycles. The highest BCUT2D eigenvalue weighted by Gasteiger charge is 2.18. The molecule has 1 aliphatic heterocycles. The van der Waals surface area contributed by atoms with Gasteiger partial charge in [0.1, 0.15) is 0 Å². The minimum atomic E-state index is -0.311. The van der Waals surface area contributed by atoms with Crippen LogP contribution in [0.3, 0.4) is 0 Å². The summed E-state index contributed by atoms with van der Waals surface area (Å²) >= 11 is 1.67. The van der Waals surface area contributed by atoms with E-state index in [9.17, 15) is 9.59 Å². The van der Waals surface area contributed by atoms with E-state index in [0.717, 1.165) is 43.4 Å². The van der Waals surface area contributed by atoms with E-state index >= 15 is 0 Å². The Bertz CT molecular complexity index is 535. The Balaban J connectivity index is 1.73. The predicted octanol–water partition coefficient (Wildman–Crippen LogP) is 0.643. The second-order valence-corrected chi connectivity index (χ2v) is 6.40. The Morgan fingerprint density at radius 1 is 1.35 bits per heavy atom. The summed E-state index contributed by atoms with van der Waals surface area (Å²) in [7, 11) is 1.34. The molecule has 0 atom stereocenters. The van der Waals surface area contributed by atoms with E-state index in [1.54, 1.807) is 11.3 Å². The van der Waals surface area contributed by atoms with Gasteiger partial charge in [-0.2, -0.15) is 0 Å². The number of methoxy groups -OCH3 is 1. The fraction of sp³-hybridized carbons (Fsp3) is 0.667. The lowest BCUT2D eigenvalue weighted by Crippen LogP contribution is -2.39. The molecule has 1 aromatic rings. The van der Waals surface area contributed by atoms with Crippen LogP contribution in [0.5, 0.6) is 0 Å². The number of carbonyl (C=O) groups excluding carboxylic acids is 2. The zero-order chi connectivity index (χ0) is 16.7. The number of amides is 1. The monoisotopic (exact) mass is 340 g/mol. The SMILES string of the molecule is COC(=O)CCNC(=O)CN1CCCN(c2nc(C)cs2)CC1. The minimum absolute atomic E-state index is 0.0487. The fourth-order valence-electron chi connectivity index (χ4n) is 2.47. The summed E-state index contributed by atoms with van der Waals surface area (Å²) in [4.78, 5) is 31.9. The van der Waals surface area contributed by atoms with E-state index in [1.807, 2.05) is 6.92 Å². The van der Waals surface area contributed by atoms with E-state index in [2.05, 4.69) is 30.2 Å². The third kappa shape index (κ3) is 5.80. The first kappa shape index (κ1) is 17.7. The van der Waals surface area contributed by atoms with Crippen LogP contribution in [0, 0.1) is 6.92 Å². The van der Waals surface area contributed by atoms with Crippen molar-refractivity contribution >= 4 is 28.3 Å². The van der Waals surface area contributed by atoms with Gasteiger partial charge in [0.15, 0.2) is 5.13 Å². The molecule has 23 heavy (non-hydrogen) atoms. The van der Waals surface area contributed by atoms with Crippen LogP contribution in [-0.2, 0) is 14.3 Å². The van der Waals surface area contributed by atoms with Crippen LogP contribution in [-0.4, -0.2) is 68.1 Å². The highest BCUT2D eigenvalue weighted by Crippen LogP contribution is 2.21. The van der Waals surface area contributed by atoms with Gasteiger partial charge in [-0.1, -0.05) is 0 Å². The van der Waals surface area contributed by atoms with Gasteiger partial charge in [-0.15, -0.1) is 11.3 Å². The Hall–Kier alpha value is -1.67. The first-order valence-electron chi connectivity index (χ1n) is 7.81. The van der Waals surface area contributed by atoms with Gasteiger partial charge in [0.25, 0.3) is 0 Å². The van der Waals surface area contributed by atoms with Crippen molar-refractivity contribution < 1.29 is 14.3 Å². The van der Waals surface area contributed by atoms with Crippen molar-refractivity contribution in [3.05, 3.63) is 11.1 Å². The number of nitrogens with one attached hydrogen (secondary N) is 1. The number of aromatic nitrogens is 1. The second kappa shape index (κ2) is 8.83. The molecule has 1 fully saturated rings.